The van der Waals surface area contributed by atoms with Crippen LogP contribution in [-0.4, -0.2) is 41.6 Å². The van der Waals surface area contributed by atoms with E-state index in [0.29, 0.717) is 22.1 Å². The molecule has 0 aliphatic carbocycles. The number of benzene rings is 2. The third kappa shape index (κ3) is 3.96. The summed E-state index contributed by atoms with van der Waals surface area (Å²) in [6.45, 7) is 4.49. The van der Waals surface area contributed by atoms with Crippen LogP contribution in [0.1, 0.15) is 30.5 Å². The van der Waals surface area contributed by atoms with E-state index in [4.69, 9.17) is 19.9 Å². The number of nitrogens with one attached hydrogen (secondary N) is 1. The molecule has 0 fully saturated rings. The van der Waals surface area contributed by atoms with Gasteiger partial charge in [-0.15, -0.1) is 11.3 Å². The van der Waals surface area contributed by atoms with Gasteiger partial charge in [-0.2, -0.15) is 0 Å². The molecule has 0 radical (unpaired) electrons. The maximum Gasteiger partial charge on any atom is 0.161 e. The molecule has 1 aromatic heterocycles. The van der Waals surface area contributed by atoms with Gasteiger partial charge >= 0.3 is 0 Å². The van der Waals surface area contributed by atoms with Crippen molar-refractivity contribution in [3.05, 3.63) is 70.2 Å². The summed E-state index contributed by atoms with van der Waals surface area (Å²) in [5, 5.41) is 22.4. The molecule has 0 bridgehead atoms. The van der Waals surface area contributed by atoms with Crippen molar-refractivity contribution < 1.29 is 14.6 Å². The first-order chi connectivity index (χ1) is 15.4. The SMILES string of the molecule is COc1ccc(C(C(C)C)N2CC(O)=C(c3nc(-c4ccccc4)cs3)C2=N)cc1OC. The highest BCUT2D eigenvalue weighted by Gasteiger charge is 2.36. The molecule has 4 rings (SSSR count). The Morgan fingerprint density at radius 2 is 1.78 bits per heavy atom. The predicted molar refractivity (Wildman–Crippen MR) is 129 cm³/mol. The number of aromatic nitrogens is 1. The highest BCUT2D eigenvalue weighted by molar-refractivity contribution is 7.11. The van der Waals surface area contributed by atoms with Crippen LogP contribution < -0.4 is 9.47 Å². The number of thiazole rings is 1. The lowest BCUT2D eigenvalue weighted by Crippen LogP contribution is -2.34. The second-order valence-electron chi connectivity index (χ2n) is 8.01. The molecular weight excluding hydrogens is 422 g/mol. The Morgan fingerprint density at radius 1 is 1.06 bits per heavy atom. The normalized spacial score (nSPS) is 14.9. The van der Waals surface area contributed by atoms with Crippen LogP contribution in [0, 0.1) is 11.3 Å². The Bertz CT molecular complexity index is 1150. The summed E-state index contributed by atoms with van der Waals surface area (Å²) >= 11 is 1.45. The number of hydrogen-bond acceptors (Lipinski definition) is 6. The van der Waals surface area contributed by atoms with Crippen LogP contribution in [0.5, 0.6) is 11.5 Å². The topological polar surface area (TPSA) is 78.7 Å². The lowest BCUT2D eigenvalue weighted by molar-refractivity contribution is 0.247. The van der Waals surface area contributed by atoms with Gasteiger partial charge in [0.05, 0.1) is 38.1 Å². The van der Waals surface area contributed by atoms with Gasteiger partial charge in [-0.1, -0.05) is 50.2 Å². The number of amidine groups is 1. The van der Waals surface area contributed by atoms with E-state index < -0.39 is 0 Å². The maximum atomic E-state index is 10.8. The lowest BCUT2D eigenvalue weighted by atomic mass is 9.94. The molecule has 166 valence electrons. The molecule has 1 unspecified atom stereocenters. The van der Waals surface area contributed by atoms with Gasteiger partial charge in [-0.3, -0.25) is 5.41 Å². The smallest absolute Gasteiger partial charge is 0.161 e. The van der Waals surface area contributed by atoms with Gasteiger partial charge in [0.15, 0.2) is 11.5 Å². The number of hydrogen-bond donors (Lipinski definition) is 2. The average molecular weight is 450 g/mol. The van der Waals surface area contributed by atoms with E-state index >= 15 is 0 Å². The molecule has 2 N–H and O–H groups in total. The fourth-order valence-corrected chi connectivity index (χ4v) is 5.05. The van der Waals surface area contributed by atoms with Gasteiger partial charge in [0, 0.05) is 10.9 Å². The monoisotopic (exact) mass is 449 g/mol. The van der Waals surface area contributed by atoms with Crippen LogP contribution in [0.25, 0.3) is 16.8 Å². The number of rotatable bonds is 7. The molecule has 2 heterocycles. The van der Waals surface area contributed by atoms with Gasteiger partial charge in [0.1, 0.15) is 16.6 Å². The number of methoxy groups -OCH3 is 2. The lowest BCUT2D eigenvalue weighted by Gasteiger charge is -2.33. The van der Waals surface area contributed by atoms with Gasteiger partial charge in [0.25, 0.3) is 0 Å². The van der Waals surface area contributed by atoms with E-state index in [1.54, 1.807) is 14.2 Å². The summed E-state index contributed by atoms with van der Waals surface area (Å²) in [6.07, 6.45) is 0. The first-order valence-electron chi connectivity index (χ1n) is 10.5. The summed E-state index contributed by atoms with van der Waals surface area (Å²) in [4.78, 5) is 6.65. The Morgan fingerprint density at radius 3 is 2.44 bits per heavy atom. The van der Waals surface area contributed by atoms with Crippen LogP contribution in [0.3, 0.4) is 0 Å². The van der Waals surface area contributed by atoms with Crippen LogP contribution in [-0.2, 0) is 0 Å². The zero-order valence-corrected chi connectivity index (χ0v) is 19.4. The van der Waals surface area contributed by atoms with E-state index in [-0.39, 0.29) is 30.1 Å². The van der Waals surface area contributed by atoms with Crippen molar-refractivity contribution in [3.8, 4) is 22.8 Å². The summed E-state index contributed by atoms with van der Waals surface area (Å²) < 4.78 is 10.9. The highest BCUT2D eigenvalue weighted by Crippen LogP contribution is 2.40. The Labute approximate surface area is 192 Å². The minimum Gasteiger partial charge on any atom is -0.510 e. The Kier molecular flexibility index (Phi) is 6.19. The number of aliphatic hydroxyl groups excluding tert-OH is 1. The van der Waals surface area contributed by atoms with Crippen molar-refractivity contribution in [1.82, 2.24) is 9.88 Å². The van der Waals surface area contributed by atoms with Gasteiger partial charge < -0.3 is 19.5 Å². The molecule has 2 aromatic carbocycles. The maximum absolute atomic E-state index is 10.8. The van der Waals surface area contributed by atoms with E-state index in [2.05, 4.69) is 13.8 Å². The van der Waals surface area contributed by atoms with Crippen LogP contribution in [0.2, 0.25) is 0 Å². The van der Waals surface area contributed by atoms with E-state index in [0.717, 1.165) is 16.8 Å². The molecule has 6 nitrogen and oxygen atoms in total. The fraction of sp³-hybridized carbons (Fsp3) is 0.280. The quantitative estimate of drug-likeness (QED) is 0.478. The number of ether oxygens (including phenoxy) is 2. The Balaban J connectivity index is 1.65. The zero-order valence-electron chi connectivity index (χ0n) is 18.6. The number of aliphatic hydroxyl groups is 1. The molecule has 32 heavy (non-hydrogen) atoms. The molecular formula is C25H27N3O3S. The summed E-state index contributed by atoms with van der Waals surface area (Å²) in [6, 6.07) is 15.6. The fourth-order valence-electron chi connectivity index (χ4n) is 4.15. The van der Waals surface area contributed by atoms with Gasteiger partial charge in [-0.25, -0.2) is 4.98 Å². The first-order valence-corrected chi connectivity index (χ1v) is 11.3. The van der Waals surface area contributed by atoms with Crippen molar-refractivity contribution in [2.75, 3.05) is 20.8 Å². The third-order valence-electron chi connectivity index (χ3n) is 5.64. The van der Waals surface area contributed by atoms with E-state index in [1.807, 2.05) is 58.8 Å². The van der Waals surface area contributed by atoms with Crippen molar-refractivity contribution in [3.63, 3.8) is 0 Å². The minimum absolute atomic E-state index is 0.115. The first kappa shape index (κ1) is 21.9. The highest BCUT2D eigenvalue weighted by atomic mass is 32.1. The molecule has 1 aliphatic rings. The van der Waals surface area contributed by atoms with Crippen molar-refractivity contribution in [2.45, 2.75) is 19.9 Å². The van der Waals surface area contributed by atoms with Crippen LogP contribution >= 0.6 is 11.3 Å². The van der Waals surface area contributed by atoms with E-state index in [1.165, 1.54) is 11.3 Å². The van der Waals surface area contributed by atoms with Gasteiger partial charge in [0.2, 0.25) is 0 Å². The molecule has 0 spiro atoms. The van der Waals surface area contributed by atoms with Gasteiger partial charge in [-0.05, 0) is 23.6 Å². The summed E-state index contributed by atoms with van der Waals surface area (Å²) in [5.74, 6) is 1.95. The molecule has 1 aliphatic heterocycles. The largest absolute Gasteiger partial charge is 0.510 e. The molecule has 1 atom stereocenters. The van der Waals surface area contributed by atoms with Crippen molar-refractivity contribution in [2.24, 2.45) is 5.92 Å². The number of nitrogens with zero attached hydrogens (tertiary/aromatic N) is 2. The predicted octanol–water partition coefficient (Wildman–Crippen LogP) is 5.79. The van der Waals surface area contributed by atoms with Crippen LogP contribution in [0.4, 0.5) is 0 Å². The standard InChI is InChI=1S/C25H27N3O3S/c1-15(2)23(17-10-11-20(30-3)21(12-17)31-4)28-13-19(29)22(24(28)26)25-27-18(14-32-25)16-8-6-5-7-9-16/h5-12,14-15,23,26,29H,13H2,1-4H3. The second kappa shape index (κ2) is 9.04. The third-order valence-corrected chi connectivity index (χ3v) is 6.50. The Hall–Kier alpha value is -3.32. The molecule has 0 amide bonds. The summed E-state index contributed by atoms with van der Waals surface area (Å²) in [5.41, 5.74) is 3.36. The van der Waals surface area contributed by atoms with E-state index in [9.17, 15) is 5.11 Å². The van der Waals surface area contributed by atoms with Crippen molar-refractivity contribution >= 4 is 22.7 Å². The molecule has 0 saturated carbocycles. The molecule has 0 saturated heterocycles. The zero-order chi connectivity index (χ0) is 22.8. The molecule has 3 aromatic rings. The summed E-state index contributed by atoms with van der Waals surface area (Å²) in [7, 11) is 3.22. The van der Waals surface area contributed by atoms with Crippen molar-refractivity contribution in [1.29, 1.82) is 5.41 Å². The molecule has 7 heteroatoms. The second-order valence-corrected chi connectivity index (χ2v) is 8.86. The average Bonchev–Trinajstić information content (AvgIpc) is 3.38. The van der Waals surface area contributed by atoms with Crippen LogP contribution in [0.15, 0.2) is 59.7 Å². The minimum atomic E-state index is -0.115.